The number of hydrogen-bond donors (Lipinski definition) is 23. The topological polar surface area (TPSA) is 714 Å². The second-order valence-electron chi connectivity index (χ2n) is 24.7. The highest BCUT2D eigenvalue weighted by Gasteiger charge is 2.54. The number of nitrogens with one attached hydrogen (secondary N) is 8. The van der Waals surface area contributed by atoms with E-state index in [9.17, 15) is 74.4 Å². The molecule has 0 radical (unpaired) electrons. The summed E-state index contributed by atoms with van der Waals surface area (Å²) in [6, 6.07) is 2.26. The lowest BCUT2D eigenvalue weighted by atomic mass is 9.96. The molecule has 8 amide bonds. The van der Waals surface area contributed by atoms with E-state index >= 15 is 4.79 Å². The molecule has 7 rings (SSSR count). The lowest BCUT2D eigenvalue weighted by molar-refractivity contribution is -0.372. The number of hydrogen-bond acceptors (Lipinski definition) is 34. The number of nitrogens with two attached hydrogens (primary N) is 5. The molecule has 2 aliphatic heterocycles. The van der Waals surface area contributed by atoms with Gasteiger partial charge in [-0.25, -0.2) is 29.7 Å². The Balaban J connectivity index is 0.00000346. The quantitative estimate of drug-likeness (QED) is 0.0130. The minimum absolute atomic E-state index is 0.0169. The zero-order valence-corrected chi connectivity index (χ0v) is 60.5. The molecular weight excluding hydrogens is 1480 g/mol. The number of aromatic nitrogens is 6. The maximum Gasteiger partial charge on any atom is 0.404 e. The Hall–Kier alpha value is -8.60. The summed E-state index contributed by atoms with van der Waals surface area (Å²) in [6.45, 7) is 5.81. The van der Waals surface area contributed by atoms with E-state index in [1.54, 1.807) is 10.8 Å². The van der Waals surface area contributed by atoms with Gasteiger partial charge in [0.15, 0.2) is 18.7 Å². The minimum atomic E-state index is -4.67. The molecule has 5 aromatic rings. The molecule has 0 saturated carbocycles. The van der Waals surface area contributed by atoms with Crippen molar-refractivity contribution in [2.24, 2.45) is 28.9 Å². The van der Waals surface area contributed by atoms with E-state index in [-0.39, 0.29) is 60.1 Å². The summed E-state index contributed by atoms with van der Waals surface area (Å²) in [6.07, 6.45) is -24.5. The summed E-state index contributed by atoms with van der Waals surface area (Å²) in [5.74, 6) is -8.75. The van der Waals surface area contributed by atoms with Gasteiger partial charge in [0.1, 0.15) is 94.6 Å². The number of anilines is 1. The SMILES string of the molecule is Cc1c(N)nc([C@H](CC(N)=O)NC[C@H](N)C(N)=O)nc1C(=O)N[C@H](C(=O)N[C@H](C)[C@@H](O)[C@H](C)C(=O)N[C@H](C(=O)NCCc1nc(-c2nc(C(=O)NCCCN[C@@H](C)c3ccccc3)cs2)cs1)[C@@H](C)O)[C@@H](O[C@@H]1O[C@@H](CO)[C@@H](O)[C@H](O)[C@@H]1O[C@H]1O[C@H](CO)[C@@H](O)[C@H](OC(N)=O)[C@@H]1O)c1cnc[nH]1.O=S(=O)(O)O. The smallest absolute Gasteiger partial charge is 0.404 e. The van der Waals surface area contributed by atoms with Crippen LogP contribution in [0.4, 0.5) is 10.6 Å². The average molecular weight is 1570 g/mol. The van der Waals surface area contributed by atoms with Crippen LogP contribution in [-0.4, -0.2) is 273 Å². The molecule has 46 heteroatoms. The van der Waals surface area contributed by atoms with Crippen molar-refractivity contribution in [3.05, 3.63) is 92.7 Å². The van der Waals surface area contributed by atoms with Crippen molar-refractivity contribution in [2.75, 3.05) is 45.1 Å². The number of H-pyrrole nitrogens is 1. The second kappa shape index (κ2) is 40.6. The number of carbonyl (C=O) groups is 8. The Bertz CT molecular complexity index is 3880. The van der Waals surface area contributed by atoms with Crippen LogP contribution in [0.1, 0.15) is 107 Å². The number of carbonyl (C=O) groups excluding carboxylic acids is 8. The van der Waals surface area contributed by atoms with Gasteiger partial charge in [0.05, 0.1) is 72.7 Å². The summed E-state index contributed by atoms with van der Waals surface area (Å²) in [7, 11) is -4.67. The molecule has 107 heavy (non-hydrogen) atoms. The molecule has 4 aromatic heterocycles. The summed E-state index contributed by atoms with van der Waals surface area (Å²) >= 11 is 2.50. The van der Waals surface area contributed by atoms with E-state index in [0.29, 0.717) is 35.2 Å². The number of primary amides is 3. The molecule has 0 unspecified atom stereocenters. The van der Waals surface area contributed by atoms with Crippen LogP contribution in [0.5, 0.6) is 0 Å². The molecule has 592 valence electrons. The van der Waals surface area contributed by atoms with Crippen LogP contribution in [-0.2, 0) is 64.5 Å². The zero-order valence-electron chi connectivity index (χ0n) is 58.1. The molecule has 0 bridgehead atoms. The fraction of sp³-hybridized carbons (Fsp3) is 0.557. The number of amides is 8. The van der Waals surface area contributed by atoms with Crippen LogP contribution in [0.3, 0.4) is 0 Å². The molecule has 20 atom stereocenters. The molecule has 2 saturated heterocycles. The van der Waals surface area contributed by atoms with Crippen LogP contribution >= 0.6 is 22.7 Å². The molecule has 1 aromatic carbocycles. The maximum atomic E-state index is 15.2. The largest absolute Gasteiger partial charge is 0.441 e. The maximum absolute atomic E-state index is 15.2. The summed E-state index contributed by atoms with van der Waals surface area (Å²) in [5, 5.41) is 112. The van der Waals surface area contributed by atoms with Crippen molar-refractivity contribution in [3.8, 4) is 10.7 Å². The van der Waals surface area contributed by atoms with Crippen molar-refractivity contribution in [2.45, 2.75) is 170 Å². The van der Waals surface area contributed by atoms with E-state index < -0.39 is 193 Å². The van der Waals surface area contributed by atoms with Crippen molar-refractivity contribution in [1.29, 1.82) is 0 Å². The number of ether oxygens (including phenoxy) is 5. The van der Waals surface area contributed by atoms with Gasteiger partial charge in [-0.1, -0.05) is 37.3 Å². The number of aliphatic hydroxyl groups excluding tert-OH is 8. The molecule has 2 fully saturated rings. The third kappa shape index (κ3) is 25.2. The molecule has 0 aliphatic carbocycles. The van der Waals surface area contributed by atoms with Gasteiger partial charge in [-0.15, -0.1) is 22.7 Å². The first kappa shape index (κ1) is 87.3. The Morgan fingerprint density at radius 3 is 2.02 bits per heavy atom. The Kier molecular flexibility index (Phi) is 33.1. The first-order valence-electron chi connectivity index (χ1n) is 32.9. The number of thiazole rings is 2. The van der Waals surface area contributed by atoms with Crippen LogP contribution in [0, 0.1) is 12.8 Å². The monoisotopic (exact) mass is 1570 g/mol. The molecule has 6 heterocycles. The summed E-state index contributed by atoms with van der Waals surface area (Å²) < 4.78 is 60.4. The molecule has 43 nitrogen and oxygen atoms in total. The lowest BCUT2D eigenvalue weighted by Crippen LogP contribution is -2.65. The van der Waals surface area contributed by atoms with Crippen LogP contribution in [0.15, 0.2) is 53.6 Å². The Morgan fingerprint density at radius 2 is 1.40 bits per heavy atom. The standard InChI is InChI=1S/C61H88N18O21S2.H2O4S/c1-24-39(76-52(79-50(24)64)31(16-37(63)83)71-17-30(62)51(65)89)56(93)78-41(47(32-18-67-23-72-32)98-60-49(45(87)43(85)35(19-80)97-60)99-59-46(88)48(100-61(66)95)44(86)36(20-81)96-59)57(94)73-27(4)42(84)25(2)53(90)77-40(28(5)82)55(92)70-15-12-38-74-34(22-101-38)58-75-33(21-102-58)54(91)69-14-9-13-68-26(3)29-10-7-6-8-11-29;1-5(2,3)4/h6-8,10-11,18,21-23,25-28,30-31,35-36,40-49,59-60,68,71,80-82,84-88H,9,12-17,19-20,62H2,1-5H3,(H2,63,83)(H2,65,89)(H2,66,95)(H,67,72)(H,69,91)(H,70,92)(H,73,94)(H,77,90)(H,78,93)(H2,64,76,79);(H2,1,2,3,4)/t25-,26-,27+,28+,30-,31-,35-,36+,40-,41-,42-,43+,44+,45-,46-,47-,48-,49-,59+,60-;/m0./s1. The zero-order chi connectivity index (χ0) is 79.3. The van der Waals surface area contributed by atoms with Crippen LogP contribution in [0.25, 0.3) is 10.7 Å². The number of imidazole rings is 1. The molecular formula is C61H90N18O25S3. The fourth-order valence-electron chi connectivity index (χ4n) is 10.7. The molecule has 2 aliphatic rings. The van der Waals surface area contributed by atoms with Crippen molar-refractivity contribution in [3.63, 3.8) is 0 Å². The summed E-state index contributed by atoms with van der Waals surface area (Å²) in [5.41, 5.74) is 29.2. The number of aromatic amines is 1. The van der Waals surface area contributed by atoms with Gasteiger partial charge in [-0.2, -0.15) is 8.42 Å². The Labute approximate surface area is 618 Å². The van der Waals surface area contributed by atoms with E-state index in [0.717, 1.165) is 18.1 Å². The van der Waals surface area contributed by atoms with E-state index in [4.69, 9.17) is 69.9 Å². The highest BCUT2D eigenvalue weighted by molar-refractivity contribution is 7.79. The lowest BCUT2D eigenvalue weighted by Gasteiger charge is -2.47. The summed E-state index contributed by atoms with van der Waals surface area (Å²) in [4.78, 5) is 131. The van der Waals surface area contributed by atoms with Gasteiger partial charge in [0.2, 0.25) is 29.5 Å². The van der Waals surface area contributed by atoms with Crippen molar-refractivity contribution in [1.82, 2.24) is 67.1 Å². The second-order valence-corrected chi connectivity index (χ2v) is 27.4. The molecule has 0 spiro atoms. The first-order valence-corrected chi connectivity index (χ1v) is 36.0. The van der Waals surface area contributed by atoms with Gasteiger partial charge < -0.3 is 135 Å². The van der Waals surface area contributed by atoms with Gasteiger partial charge >= 0.3 is 16.5 Å². The van der Waals surface area contributed by atoms with E-state index in [1.807, 2.05) is 30.3 Å². The third-order valence-corrected chi connectivity index (χ3v) is 18.4. The number of nitrogens with zero attached hydrogens (tertiary/aromatic N) is 5. The van der Waals surface area contributed by atoms with Gasteiger partial charge in [0.25, 0.3) is 11.8 Å². The number of aliphatic hydroxyl groups is 8. The van der Waals surface area contributed by atoms with Crippen molar-refractivity contribution >= 4 is 86.3 Å². The van der Waals surface area contributed by atoms with E-state index in [1.165, 1.54) is 50.4 Å². The van der Waals surface area contributed by atoms with Gasteiger partial charge in [-0.3, -0.25) is 42.7 Å². The van der Waals surface area contributed by atoms with Crippen LogP contribution in [0.2, 0.25) is 0 Å². The van der Waals surface area contributed by atoms with Gasteiger partial charge in [-0.05, 0) is 46.2 Å². The van der Waals surface area contributed by atoms with Crippen LogP contribution < -0.4 is 65.9 Å². The van der Waals surface area contributed by atoms with E-state index in [2.05, 4.69) is 74.0 Å². The number of benzene rings is 1. The van der Waals surface area contributed by atoms with Crippen molar-refractivity contribution < 1.29 is 120 Å². The fourth-order valence-corrected chi connectivity index (χ4v) is 12.3. The molecule has 28 N–H and O–H groups in total. The normalized spacial score (nSPS) is 23.0. The first-order chi connectivity index (χ1) is 50.4. The highest BCUT2D eigenvalue weighted by Crippen LogP contribution is 2.35. The Morgan fingerprint density at radius 1 is 0.738 bits per heavy atom. The highest BCUT2D eigenvalue weighted by atomic mass is 32.3. The van der Waals surface area contributed by atoms with Gasteiger partial charge in [0, 0.05) is 54.8 Å². The minimum Gasteiger partial charge on any atom is -0.441 e. The predicted molar refractivity (Wildman–Crippen MR) is 372 cm³/mol. The number of rotatable bonds is 37. The third-order valence-electron chi connectivity index (χ3n) is 16.7. The predicted octanol–water partition coefficient (Wildman–Crippen LogP) is -6.88. The number of nitrogen functional groups attached to an aromatic ring is 1. The average Bonchev–Trinajstić information content (AvgIpc) is 1.00.